The predicted octanol–water partition coefficient (Wildman–Crippen LogP) is 4.98. The molecule has 1 aromatic carbocycles. The van der Waals surface area contributed by atoms with Gasteiger partial charge in [-0.15, -0.1) is 11.3 Å². The fourth-order valence-electron chi connectivity index (χ4n) is 2.22. The van der Waals surface area contributed by atoms with Gasteiger partial charge in [-0.05, 0) is 31.9 Å². The number of nitrogens with one attached hydrogen (secondary N) is 1. The van der Waals surface area contributed by atoms with Crippen molar-refractivity contribution in [3.8, 4) is 11.3 Å². The van der Waals surface area contributed by atoms with Crippen molar-refractivity contribution in [2.24, 2.45) is 5.41 Å². The smallest absolute Gasteiger partial charge is 0.229 e. The van der Waals surface area contributed by atoms with E-state index in [1.165, 1.54) is 22.7 Å². The van der Waals surface area contributed by atoms with Crippen LogP contribution in [0.2, 0.25) is 0 Å². The van der Waals surface area contributed by atoms with E-state index in [0.717, 1.165) is 16.9 Å². The molecule has 1 N–H and O–H groups in total. The van der Waals surface area contributed by atoms with Crippen molar-refractivity contribution >= 4 is 22.9 Å². The number of nitrogens with zero attached hydrogens (tertiary/aromatic N) is 1. The maximum absolute atomic E-state index is 12.0. The molecule has 3 rings (SSSR count). The van der Waals surface area contributed by atoms with Crippen LogP contribution in [0.25, 0.3) is 11.3 Å². The molecule has 3 nitrogen and oxygen atoms in total. The van der Waals surface area contributed by atoms with Crippen LogP contribution in [-0.4, -0.2) is 10.9 Å². The van der Waals surface area contributed by atoms with Crippen molar-refractivity contribution in [2.75, 3.05) is 5.32 Å². The summed E-state index contributed by atoms with van der Waals surface area (Å²) in [6.07, 6.45) is 2.56. The van der Waals surface area contributed by atoms with Crippen molar-refractivity contribution in [3.05, 3.63) is 34.2 Å². The molecule has 0 bridgehead atoms. The molecule has 1 aliphatic rings. The summed E-state index contributed by atoms with van der Waals surface area (Å²) in [4.78, 5) is 18.1. The highest BCUT2D eigenvalue weighted by molar-refractivity contribution is 7.12. The Morgan fingerprint density at radius 1 is 1.23 bits per heavy atom. The Kier molecular flexibility index (Phi) is 3.81. The van der Waals surface area contributed by atoms with Crippen LogP contribution in [0.5, 0.6) is 0 Å². The molecule has 0 spiro atoms. The lowest BCUT2D eigenvalue weighted by Gasteiger charge is -2.17. The number of carbonyl (C=O) groups excluding carboxylic acids is 1. The summed E-state index contributed by atoms with van der Waals surface area (Å²) < 4.78 is 0. The van der Waals surface area contributed by atoms with Crippen LogP contribution in [0.3, 0.4) is 0 Å². The minimum absolute atomic E-state index is 0.0288. The second kappa shape index (κ2) is 5.51. The topological polar surface area (TPSA) is 42.0 Å². The number of aryl methyl sites for hydroxylation is 1. The van der Waals surface area contributed by atoms with Crippen molar-refractivity contribution in [2.45, 2.75) is 46.5 Å². The normalized spacial score (nSPS) is 14.9. The lowest BCUT2D eigenvalue weighted by Crippen LogP contribution is -2.27. The fourth-order valence-corrected chi connectivity index (χ4v) is 3.33. The lowest BCUT2D eigenvalue weighted by molar-refractivity contribution is -0.123. The number of hydrogen-bond acceptors (Lipinski definition) is 3. The molecule has 1 heterocycles. The molecule has 2 aromatic rings. The predicted molar refractivity (Wildman–Crippen MR) is 92.3 cm³/mol. The Bertz CT molecular complexity index is 691. The minimum atomic E-state index is -0.386. The molecule has 1 aromatic heterocycles. The molecule has 1 fully saturated rings. The number of rotatable bonds is 3. The molecule has 0 saturated heterocycles. The third-order valence-corrected chi connectivity index (χ3v) is 4.97. The Labute approximate surface area is 135 Å². The molecule has 0 atom stereocenters. The van der Waals surface area contributed by atoms with E-state index in [4.69, 9.17) is 4.98 Å². The summed E-state index contributed by atoms with van der Waals surface area (Å²) in [5.41, 5.74) is 2.65. The van der Waals surface area contributed by atoms with Crippen LogP contribution in [0, 0.1) is 12.3 Å². The summed E-state index contributed by atoms with van der Waals surface area (Å²) in [6.45, 7) is 7.87. The van der Waals surface area contributed by atoms with Crippen LogP contribution < -0.4 is 5.32 Å². The first-order valence-electron chi connectivity index (χ1n) is 7.74. The number of aromatic nitrogens is 1. The SMILES string of the molecule is Cc1sc(C2CC2)nc1-c1ccc(NC(=O)C(C)(C)C)cc1. The third-order valence-electron chi connectivity index (χ3n) is 3.84. The first kappa shape index (κ1) is 15.2. The second-order valence-corrected chi connectivity index (χ2v) is 8.25. The number of anilines is 1. The summed E-state index contributed by atoms with van der Waals surface area (Å²) in [5, 5.41) is 4.23. The molecule has 0 aliphatic heterocycles. The van der Waals surface area contributed by atoms with Crippen LogP contribution in [0.1, 0.15) is 49.4 Å². The van der Waals surface area contributed by atoms with Crippen molar-refractivity contribution < 1.29 is 4.79 Å². The van der Waals surface area contributed by atoms with E-state index < -0.39 is 0 Å². The Morgan fingerprint density at radius 2 is 1.86 bits per heavy atom. The van der Waals surface area contributed by atoms with E-state index in [1.807, 2.05) is 56.4 Å². The Balaban J connectivity index is 1.78. The van der Waals surface area contributed by atoms with Crippen LogP contribution in [0.4, 0.5) is 5.69 Å². The number of hydrogen-bond donors (Lipinski definition) is 1. The molecule has 116 valence electrons. The van der Waals surface area contributed by atoms with E-state index in [-0.39, 0.29) is 11.3 Å². The molecular weight excluding hydrogens is 292 g/mol. The molecule has 1 aliphatic carbocycles. The summed E-state index contributed by atoms with van der Waals surface area (Å²) >= 11 is 1.82. The van der Waals surface area contributed by atoms with E-state index in [2.05, 4.69) is 12.2 Å². The van der Waals surface area contributed by atoms with Crippen molar-refractivity contribution in [3.63, 3.8) is 0 Å². The average Bonchev–Trinajstić information content (AvgIpc) is 3.22. The largest absolute Gasteiger partial charge is 0.326 e. The highest BCUT2D eigenvalue weighted by Crippen LogP contribution is 2.44. The van der Waals surface area contributed by atoms with Crippen LogP contribution >= 0.6 is 11.3 Å². The first-order chi connectivity index (χ1) is 10.3. The molecule has 0 unspecified atom stereocenters. The van der Waals surface area contributed by atoms with Gasteiger partial charge >= 0.3 is 0 Å². The minimum Gasteiger partial charge on any atom is -0.326 e. The molecule has 1 amide bonds. The zero-order valence-corrected chi connectivity index (χ0v) is 14.4. The highest BCUT2D eigenvalue weighted by atomic mass is 32.1. The van der Waals surface area contributed by atoms with Gasteiger partial charge in [0.1, 0.15) is 0 Å². The number of thiazole rings is 1. The Morgan fingerprint density at radius 3 is 2.41 bits per heavy atom. The van der Waals surface area contributed by atoms with E-state index in [9.17, 15) is 4.79 Å². The summed E-state index contributed by atoms with van der Waals surface area (Å²) in [6, 6.07) is 7.98. The Hall–Kier alpha value is -1.68. The zero-order valence-electron chi connectivity index (χ0n) is 13.6. The number of amides is 1. The number of benzene rings is 1. The fraction of sp³-hybridized carbons (Fsp3) is 0.444. The monoisotopic (exact) mass is 314 g/mol. The van der Waals surface area contributed by atoms with E-state index >= 15 is 0 Å². The van der Waals surface area contributed by atoms with Gasteiger partial charge in [0.2, 0.25) is 5.91 Å². The van der Waals surface area contributed by atoms with Gasteiger partial charge in [0.25, 0.3) is 0 Å². The second-order valence-electron chi connectivity index (χ2n) is 7.01. The maximum atomic E-state index is 12.0. The van der Waals surface area contributed by atoms with Gasteiger partial charge in [0.05, 0.1) is 10.7 Å². The molecular formula is C18H22N2OS. The van der Waals surface area contributed by atoms with Crippen LogP contribution in [-0.2, 0) is 4.79 Å². The highest BCUT2D eigenvalue weighted by Gasteiger charge is 2.28. The quantitative estimate of drug-likeness (QED) is 0.868. The van der Waals surface area contributed by atoms with Gasteiger partial charge in [-0.2, -0.15) is 0 Å². The van der Waals surface area contributed by atoms with E-state index in [0.29, 0.717) is 5.92 Å². The van der Waals surface area contributed by atoms with Gasteiger partial charge in [0, 0.05) is 27.5 Å². The zero-order chi connectivity index (χ0) is 15.9. The van der Waals surface area contributed by atoms with Gasteiger partial charge in [-0.25, -0.2) is 4.98 Å². The van der Waals surface area contributed by atoms with Crippen molar-refractivity contribution in [1.82, 2.24) is 4.98 Å². The van der Waals surface area contributed by atoms with Gasteiger partial charge < -0.3 is 5.32 Å². The van der Waals surface area contributed by atoms with Crippen LogP contribution in [0.15, 0.2) is 24.3 Å². The summed E-state index contributed by atoms with van der Waals surface area (Å²) in [7, 11) is 0. The first-order valence-corrected chi connectivity index (χ1v) is 8.55. The average molecular weight is 314 g/mol. The van der Waals surface area contributed by atoms with Gasteiger partial charge in [-0.3, -0.25) is 4.79 Å². The standard InChI is InChI=1S/C18H22N2OS/c1-11-15(20-16(22-11)13-5-6-13)12-7-9-14(10-8-12)19-17(21)18(2,3)4/h7-10,13H,5-6H2,1-4H3,(H,19,21). The molecule has 4 heteroatoms. The molecule has 1 saturated carbocycles. The molecule has 0 radical (unpaired) electrons. The molecule has 22 heavy (non-hydrogen) atoms. The van der Waals surface area contributed by atoms with E-state index in [1.54, 1.807) is 0 Å². The van der Waals surface area contributed by atoms with Gasteiger partial charge in [-0.1, -0.05) is 32.9 Å². The third kappa shape index (κ3) is 3.22. The van der Waals surface area contributed by atoms with Crippen molar-refractivity contribution in [1.29, 1.82) is 0 Å². The maximum Gasteiger partial charge on any atom is 0.229 e. The lowest BCUT2D eigenvalue weighted by atomic mass is 9.95. The summed E-state index contributed by atoms with van der Waals surface area (Å²) in [5.74, 6) is 0.726. The van der Waals surface area contributed by atoms with Gasteiger partial charge in [0.15, 0.2) is 0 Å². The number of carbonyl (C=O) groups is 1.